The molecule has 0 bridgehead atoms. The number of hydrogen-bond acceptors (Lipinski definition) is 3. The second-order valence-electron chi connectivity index (χ2n) is 10.3. The summed E-state index contributed by atoms with van der Waals surface area (Å²) in [6.07, 6.45) is 2.14. The number of benzene rings is 6. The Morgan fingerprint density at radius 3 is 2.12 bits per heavy atom. The third kappa shape index (κ3) is 3.93. The molecule has 42 heavy (non-hydrogen) atoms. The monoisotopic (exact) mass is 558 g/mol. The maximum atomic E-state index is 4.54. The van der Waals surface area contributed by atoms with Gasteiger partial charge >= 0.3 is 0 Å². The Hall–Kier alpha value is -5.13. The largest absolute Gasteiger partial charge is 0.309 e. The van der Waals surface area contributed by atoms with Gasteiger partial charge in [-0.25, -0.2) is 4.68 Å². The van der Waals surface area contributed by atoms with E-state index in [4.69, 9.17) is 0 Å². The lowest BCUT2D eigenvalue weighted by Gasteiger charge is -2.15. The van der Waals surface area contributed by atoms with E-state index in [1.54, 1.807) is 11.8 Å². The van der Waals surface area contributed by atoms with Crippen LogP contribution in [0, 0.1) is 0 Å². The maximum Gasteiger partial charge on any atom is 0.113 e. The van der Waals surface area contributed by atoms with Crippen LogP contribution in [0.25, 0.3) is 66.5 Å². The van der Waals surface area contributed by atoms with Crippen LogP contribution in [-0.2, 0) is 0 Å². The molecule has 6 aromatic carbocycles. The van der Waals surface area contributed by atoms with Crippen molar-refractivity contribution in [1.82, 2.24) is 19.6 Å². The first kappa shape index (κ1) is 24.6. The zero-order valence-corrected chi connectivity index (χ0v) is 23.8. The summed E-state index contributed by atoms with van der Waals surface area (Å²) in [5.41, 5.74) is 11.2. The molecule has 0 N–H and O–H groups in total. The van der Waals surface area contributed by atoms with Crippen LogP contribution in [0.5, 0.6) is 0 Å². The first-order valence-corrected chi connectivity index (χ1v) is 15.2. The first-order valence-electron chi connectivity index (χ1n) is 14.0. The molecule has 0 saturated heterocycles. The Morgan fingerprint density at radius 2 is 1.24 bits per heavy atom. The van der Waals surface area contributed by atoms with Gasteiger partial charge in [-0.2, -0.15) is 0 Å². The Morgan fingerprint density at radius 1 is 0.548 bits per heavy atom. The van der Waals surface area contributed by atoms with Crippen LogP contribution in [0.2, 0.25) is 0 Å². The Bertz CT molecular complexity index is 2240. The summed E-state index contributed by atoms with van der Waals surface area (Å²) >= 11 is 1.76. The molecule has 0 atom stereocenters. The van der Waals surface area contributed by atoms with Gasteiger partial charge in [-0.05, 0) is 83.6 Å². The number of aromatic nitrogens is 4. The molecule has 0 spiro atoms. The Balaban J connectivity index is 1.31. The van der Waals surface area contributed by atoms with Crippen molar-refractivity contribution in [2.24, 2.45) is 0 Å². The Labute approximate surface area is 247 Å². The van der Waals surface area contributed by atoms with Crippen molar-refractivity contribution in [3.63, 3.8) is 0 Å². The molecular formula is C37H26N4S. The van der Waals surface area contributed by atoms with E-state index in [0.29, 0.717) is 0 Å². The van der Waals surface area contributed by atoms with Crippen molar-refractivity contribution in [2.45, 2.75) is 4.90 Å². The molecule has 0 radical (unpaired) electrons. The van der Waals surface area contributed by atoms with Gasteiger partial charge in [0, 0.05) is 26.9 Å². The molecule has 0 saturated carbocycles. The van der Waals surface area contributed by atoms with E-state index in [0.717, 1.165) is 22.3 Å². The predicted molar refractivity (Wildman–Crippen MR) is 176 cm³/mol. The minimum Gasteiger partial charge on any atom is -0.309 e. The number of rotatable bonds is 5. The number of fused-ring (bicyclic) bond motifs is 4. The number of nitrogens with zero attached hydrogens (tertiary/aromatic N) is 4. The molecule has 2 heterocycles. The van der Waals surface area contributed by atoms with Gasteiger partial charge in [-0.1, -0.05) is 84.1 Å². The average molecular weight is 559 g/mol. The zero-order valence-electron chi connectivity index (χ0n) is 23.0. The van der Waals surface area contributed by atoms with E-state index in [1.807, 2.05) is 22.9 Å². The summed E-state index contributed by atoms with van der Waals surface area (Å²) in [5, 5.41) is 11.5. The second-order valence-corrected chi connectivity index (χ2v) is 11.2. The van der Waals surface area contributed by atoms with Crippen molar-refractivity contribution >= 4 is 44.6 Å². The summed E-state index contributed by atoms with van der Waals surface area (Å²) in [4.78, 5) is 1.22. The van der Waals surface area contributed by atoms with Gasteiger partial charge in [0.15, 0.2) is 0 Å². The van der Waals surface area contributed by atoms with Crippen LogP contribution in [-0.4, -0.2) is 25.8 Å². The highest BCUT2D eigenvalue weighted by Crippen LogP contribution is 2.39. The van der Waals surface area contributed by atoms with Crippen LogP contribution >= 0.6 is 11.8 Å². The minimum atomic E-state index is 0.883. The fourth-order valence-corrected chi connectivity index (χ4v) is 6.63. The molecule has 8 rings (SSSR count). The van der Waals surface area contributed by atoms with Gasteiger partial charge in [0.25, 0.3) is 0 Å². The van der Waals surface area contributed by atoms with Crippen LogP contribution < -0.4 is 0 Å². The van der Waals surface area contributed by atoms with Gasteiger partial charge in [-0.15, -0.1) is 16.9 Å². The summed E-state index contributed by atoms with van der Waals surface area (Å²) < 4.78 is 4.31. The lowest BCUT2D eigenvalue weighted by atomic mass is 9.97. The lowest BCUT2D eigenvalue weighted by molar-refractivity contribution is 0.825. The summed E-state index contributed by atoms with van der Waals surface area (Å²) in [5.74, 6) is 0. The second kappa shape index (κ2) is 10.1. The van der Waals surface area contributed by atoms with Gasteiger partial charge in [0.1, 0.15) is 5.52 Å². The van der Waals surface area contributed by atoms with E-state index >= 15 is 0 Å². The topological polar surface area (TPSA) is 35.6 Å². The number of hydrogen-bond donors (Lipinski definition) is 0. The van der Waals surface area contributed by atoms with Crippen molar-refractivity contribution in [3.8, 4) is 33.6 Å². The predicted octanol–water partition coefficient (Wildman–Crippen LogP) is 9.57. The zero-order chi connectivity index (χ0) is 28.0. The molecule has 5 heteroatoms. The molecule has 0 fully saturated rings. The summed E-state index contributed by atoms with van der Waals surface area (Å²) in [6, 6.07) is 49.5. The van der Waals surface area contributed by atoms with Crippen LogP contribution in [0.4, 0.5) is 0 Å². The van der Waals surface area contributed by atoms with E-state index < -0.39 is 0 Å². The van der Waals surface area contributed by atoms with E-state index in [-0.39, 0.29) is 0 Å². The van der Waals surface area contributed by atoms with E-state index in [9.17, 15) is 0 Å². The SMILES string of the molecule is CSc1ccc(-c2ccc3c(c2)c2ccccc2n3-c2ccccc2)cc1-c1ccccc1-n1nnc2ccccc21. The maximum absolute atomic E-state index is 4.54. The van der Waals surface area contributed by atoms with Crippen LogP contribution in [0.15, 0.2) is 144 Å². The van der Waals surface area contributed by atoms with E-state index in [2.05, 4.69) is 142 Å². The fraction of sp³-hybridized carbons (Fsp3) is 0.0270. The first-order chi connectivity index (χ1) is 20.8. The molecule has 0 unspecified atom stereocenters. The summed E-state index contributed by atoms with van der Waals surface area (Å²) in [6.45, 7) is 0. The molecule has 200 valence electrons. The van der Waals surface area contributed by atoms with Crippen molar-refractivity contribution in [2.75, 3.05) is 6.26 Å². The highest BCUT2D eigenvalue weighted by Gasteiger charge is 2.17. The smallest absolute Gasteiger partial charge is 0.113 e. The minimum absolute atomic E-state index is 0.883. The van der Waals surface area contributed by atoms with Gasteiger partial charge in [0.05, 0.1) is 22.2 Å². The molecular weight excluding hydrogens is 533 g/mol. The quantitative estimate of drug-likeness (QED) is 0.197. The highest BCUT2D eigenvalue weighted by atomic mass is 32.2. The third-order valence-electron chi connectivity index (χ3n) is 7.99. The van der Waals surface area contributed by atoms with Crippen LogP contribution in [0.1, 0.15) is 0 Å². The third-order valence-corrected chi connectivity index (χ3v) is 8.79. The van der Waals surface area contributed by atoms with Crippen LogP contribution in [0.3, 0.4) is 0 Å². The van der Waals surface area contributed by atoms with Crippen molar-refractivity contribution in [1.29, 1.82) is 0 Å². The van der Waals surface area contributed by atoms with Gasteiger partial charge in [0.2, 0.25) is 0 Å². The molecule has 0 aliphatic carbocycles. The highest BCUT2D eigenvalue weighted by molar-refractivity contribution is 7.98. The molecule has 8 aromatic rings. The molecule has 0 amide bonds. The molecule has 0 aliphatic rings. The standard InChI is InChI=1S/C37H26N4S/c1-42-37-22-20-26(24-31(37)29-14-6-9-17-35(29)41-36-18-10-7-15-32(36)38-39-41)25-19-21-34-30(23-25)28-13-5-8-16-33(28)40(34)27-11-3-2-4-12-27/h2-24H,1H3. The normalized spacial score (nSPS) is 11.5. The van der Waals surface area contributed by atoms with Gasteiger partial charge < -0.3 is 4.57 Å². The van der Waals surface area contributed by atoms with Crippen molar-refractivity contribution in [3.05, 3.63) is 140 Å². The van der Waals surface area contributed by atoms with Gasteiger partial charge in [-0.3, -0.25) is 0 Å². The molecule has 0 aliphatic heterocycles. The van der Waals surface area contributed by atoms with Crippen molar-refractivity contribution < 1.29 is 0 Å². The molecule has 2 aromatic heterocycles. The molecule has 4 nitrogen and oxygen atoms in total. The summed E-state index contributed by atoms with van der Waals surface area (Å²) in [7, 11) is 0. The fourth-order valence-electron chi connectivity index (χ4n) is 6.04. The Kier molecular flexibility index (Phi) is 5.90. The number of thioether (sulfide) groups is 1. The lowest BCUT2D eigenvalue weighted by Crippen LogP contribution is -2.00. The number of para-hydroxylation sites is 4. The average Bonchev–Trinajstić information content (AvgIpc) is 3.64. The van der Waals surface area contributed by atoms with E-state index in [1.165, 1.54) is 49.1 Å².